The average Bonchev–Trinajstić information content (AvgIpc) is 2.30. The van der Waals surface area contributed by atoms with Crippen LogP contribution in [0.5, 0.6) is 0 Å². The van der Waals surface area contributed by atoms with Gasteiger partial charge in [0.15, 0.2) is 5.82 Å². The fourth-order valence-electron chi connectivity index (χ4n) is 1.34. The first-order chi connectivity index (χ1) is 8.37. The molecule has 0 unspecified atom stereocenters. The number of anilines is 1. The lowest BCUT2D eigenvalue weighted by molar-refractivity contribution is 0.578. The maximum atomic E-state index is 13.6. The fraction of sp³-hybridized carbons (Fsp3) is 0.455. The Bertz CT molecular complexity index is 520. The van der Waals surface area contributed by atoms with Crippen LogP contribution in [0.1, 0.15) is 18.4 Å². The van der Waals surface area contributed by atoms with Gasteiger partial charge in [-0.1, -0.05) is 6.07 Å². The summed E-state index contributed by atoms with van der Waals surface area (Å²) < 4.78 is 52.1. The van der Waals surface area contributed by atoms with Gasteiger partial charge < -0.3 is 0 Å². The number of sulfonamides is 1. The van der Waals surface area contributed by atoms with Gasteiger partial charge >= 0.3 is 0 Å². The van der Waals surface area contributed by atoms with E-state index in [-0.39, 0.29) is 11.3 Å². The van der Waals surface area contributed by atoms with Crippen LogP contribution in [0.15, 0.2) is 12.1 Å². The smallest absolute Gasteiger partial charge is 0.232 e. The predicted octanol–water partition coefficient (Wildman–Crippen LogP) is 3.03. The molecule has 18 heavy (non-hydrogen) atoms. The van der Waals surface area contributed by atoms with Crippen molar-refractivity contribution in [2.75, 3.05) is 16.4 Å². The number of rotatable bonds is 6. The molecule has 1 aromatic rings. The van der Waals surface area contributed by atoms with E-state index < -0.39 is 27.3 Å². The average molecular weight is 298 g/mol. The second kappa shape index (κ2) is 6.33. The Kier molecular flexibility index (Phi) is 5.34. The van der Waals surface area contributed by atoms with Crippen molar-refractivity contribution in [1.82, 2.24) is 0 Å². The summed E-state index contributed by atoms with van der Waals surface area (Å²) in [6, 6.07) is 2.27. The van der Waals surface area contributed by atoms with E-state index in [4.69, 9.17) is 11.6 Å². The van der Waals surface area contributed by atoms with Crippen molar-refractivity contribution in [1.29, 1.82) is 0 Å². The number of unbranched alkanes of at least 4 members (excludes halogenated alkanes) is 1. The van der Waals surface area contributed by atoms with Crippen LogP contribution < -0.4 is 4.72 Å². The van der Waals surface area contributed by atoms with Gasteiger partial charge in [0.2, 0.25) is 10.0 Å². The Morgan fingerprint density at radius 3 is 2.56 bits per heavy atom. The van der Waals surface area contributed by atoms with Crippen LogP contribution in [0.4, 0.5) is 14.5 Å². The summed E-state index contributed by atoms with van der Waals surface area (Å²) in [6.45, 7) is 1.43. The number of alkyl halides is 1. The van der Waals surface area contributed by atoms with Crippen LogP contribution in [-0.2, 0) is 10.0 Å². The Balaban J connectivity index is 2.87. The largest absolute Gasteiger partial charge is 0.278 e. The third-order valence-corrected chi connectivity index (χ3v) is 3.95. The van der Waals surface area contributed by atoms with Crippen molar-refractivity contribution in [2.24, 2.45) is 0 Å². The van der Waals surface area contributed by atoms with E-state index in [1.807, 2.05) is 4.72 Å². The first-order valence-corrected chi connectivity index (χ1v) is 7.57. The number of hydrogen-bond acceptors (Lipinski definition) is 2. The first kappa shape index (κ1) is 15.2. The molecule has 0 fully saturated rings. The molecule has 0 amide bonds. The summed E-state index contributed by atoms with van der Waals surface area (Å²) in [4.78, 5) is 0. The van der Waals surface area contributed by atoms with Crippen LogP contribution in [0, 0.1) is 18.6 Å². The summed E-state index contributed by atoms with van der Waals surface area (Å²) in [5, 5.41) is 0. The molecule has 102 valence electrons. The molecular weight excluding hydrogens is 284 g/mol. The predicted molar refractivity (Wildman–Crippen MR) is 68.5 cm³/mol. The Morgan fingerprint density at radius 1 is 1.28 bits per heavy atom. The Morgan fingerprint density at radius 2 is 1.94 bits per heavy atom. The van der Waals surface area contributed by atoms with Gasteiger partial charge in [0, 0.05) is 5.88 Å². The van der Waals surface area contributed by atoms with E-state index in [2.05, 4.69) is 0 Å². The quantitative estimate of drug-likeness (QED) is 0.648. The lowest BCUT2D eigenvalue weighted by atomic mass is 10.2. The highest BCUT2D eigenvalue weighted by Crippen LogP contribution is 2.22. The zero-order chi connectivity index (χ0) is 13.8. The van der Waals surface area contributed by atoms with E-state index >= 15 is 0 Å². The molecule has 0 aromatic heterocycles. The molecule has 3 nitrogen and oxygen atoms in total. The minimum absolute atomic E-state index is 0.176. The van der Waals surface area contributed by atoms with Gasteiger partial charge in [-0.15, -0.1) is 11.6 Å². The lowest BCUT2D eigenvalue weighted by Crippen LogP contribution is -2.19. The molecule has 1 aromatic carbocycles. The number of nitrogens with one attached hydrogen (secondary N) is 1. The molecule has 0 aliphatic carbocycles. The fourth-order valence-corrected chi connectivity index (χ4v) is 2.72. The van der Waals surface area contributed by atoms with Crippen LogP contribution in [0.3, 0.4) is 0 Å². The van der Waals surface area contributed by atoms with Gasteiger partial charge in [0.25, 0.3) is 0 Å². The van der Waals surface area contributed by atoms with Gasteiger partial charge in [-0.05, 0) is 31.4 Å². The molecule has 7 heteroatoms. The second-order valence-electron chi connectivity index (χ2n) is 3.87. The second-order valence-corrected chi connectivity index (χ2v) is 6.09. The SMILES string of the molecule is Cc1ccc(F)c(NS(=O)(=O)CCCCCl)c1F. The number of hydrogen-bond donors (Lipinski definition) is 1. The van der Waals surface area contributed by atoms with Gasteiger partial charge in [0.05, 0.1) is 5.75 Å². The molecule has 0 aliphatic rings. The molecule has 0 saturated heterocycles. The molecule has 1 N–H and O–H groups in total. The van der Waals surface area contributed by atoms with Crippen LogP contribution >= 0.6 is 11.6 Å². The van der Waals surface area contributed by atoms with E-state index in [0.717, 1.165) is 6.07 Å². The zero-order valence-electron chi connectivity index (χ0n) is 9.84. The van der Waals surface area contributed by atoms with Gasteiger partial charge in [-0.3, -0.25) is 4.72 Å². The van der Waals surface area contributed by atoms with Gasteiger partial charge in [-0.2, -0.15) is 0 Å². The third kappa shape index (κ3) is 4.10. The first-order valence-electron chi connectivity index (χ1n) is 5.38. The number of halogens is 3. The Hall–Kier alpha value is -0.880. The number of aryl methyl sites for hydroxylation is 1. The Labute approximate surface area is 110 Å². The lowest BCUT2D eigenvalue weighted by Gasteiger charge is -2.10. The highest BCUT2D eigenvalue weighted by molar-refractivity contribution is 7.92. The van der Waals surface area contributed by atoms with Crippen LogP contribution in [-0.4, -0.2) is 20.1 Å². The summed E-state index contributed by atoms with van der Waals surface area (Å²) >= 11 is 5.43. The molecule has 0 aliphatic heterocycles. The van der Waals surface area contributed by atoms with Gasteiger partial charge in [0.1, 0.15) is 11.5 Å². The standard InChI is InChI=1S/C11H14ClF2NO2S/c1-8-4-5-9(13)11(10(8)14)15-18(16,17)7-3-2-6-12/h4-5,15H,2-3,6-7H2,1H3. The topological polar surface area (TPSA) is 46.2 Å². The minimum atomic E-state index is -3.76. The third-order valence-electron chi connectivity index (χ3n) is 2.34. The summed E-state index contributed by atoms with van der Waals surface area (Å²) in [5.41, 5.74) is -0.448. The van der Waals surface area contributed by atoms with E-state index in [1.165, 1.54) is 13.0 Å². The van der Waals surface area contributed by atoms with Crippen molar-refractivity contribution in [3.05, 3.63) is 29.3 Å². The summed E-state index contributed by atoms with van der Waals surface area (Å²) in [6.07, 6.45) is 0.870. The molecule has 0 saturated carbocycles. The molecule has 0 spiro atoms. The van der Waals surface area contributed by atoms with Crippen LogP contribution in [0.25, 0.3) is 0 Å². The van der Waals surface area contributed by atoms with E-state index in [9.17, 15) is 17.2 Å². The number of benzene rings is 1. The van der Waals surface area contributed by atoms with E-state index in [1.54, 1.807) is 0 Å². The van der Waals surface area contributed by atoms with E-state index in [0.29, 0.717) is 18.7 Å². The van der Waals surface area contributed by atoms with Crippen molar-refractivity contribution < 1.29 is 17.2 Å². The monoisotopic (exact) mass is 297 g/mol. The zero-order valence-corrected chi connectivity index (χ0v) is 11.4. The van der Waals surface area contributed by atoms with Crippen molar-refractivity contribution >= 4 is 27.3 Å². The molecular formula is C11H14ClF2NO2S. The summed E-state index contributed by atoms with van der Waals surface area (Å²) in [5.74, 6) is -1.69. The summed E-state index contributed by atoms with van der Waals surface area (Å²) in [7, 11) is -3.76. The maximum absolute atomic E-state index is 13.6. The van der Waals surface area contributed by atoms with Crippen molar-refractivity contribution in [2.45, 2.75) is 19.8 Å². The maximum Gasteiger partial charge on any atom is 0.232 e. The van der Waals surface area contributed by atoms with Gasteiger partial charge in [-0.25, -0.2) is 17.2 Å². The molecule has 1 rings (SSSR count). The molecule has 0 radical (unpaired) electrons. The highest BCUT2D eigenvalue weighted by Gasteiger charge is 2.17. The molecule has 0 bridgehead atoms. The van der Waals surface area contributed by atoms with Crippen molar-refractivity contribution in [3.8, 4) is 0 Å². The highest BCUT2D eigenvalue weighted by atomic mass is 35.5. The normalized spacial score (nSPS) is 11.6. The molecule has 0 heterocycles. The van der Waals surface area contributed by atoms with Crippen molar-refractivity contribution in [3.63, 3.8) is 0 Å². The van der Waals surface area contributed by atoms with Crippen LogP contribution in [0.2, 0.25) is 0 Å². The minimum Gasteiger partial charge on any atom is -0.278 e. The molecule has 0 atom stereocenters.